The van der Waals surface area contributed by atoms with Crippen molar-refractivity contribution in [3.63, 3.8) is 0 Å². The molecule has 2 heterocycles. The molecule has 1 saturated carbocycles. The van der Waals surface area contributed by atoms with Gasteiger partial charge in [-0.2, -0.15) is 0 Å². The number of nitrogens with one attached hydrogen (secondary N) is 1. The van der Waals surface area contributed by atoms with Gasteiger partial charge in [0.2, 0.25) is 5.95 Å². The first-order valence-electron chi connectivity index (χ1n) is 9.21. The molecule has 0 unspecified atom stereocenters. The lowest BCUT2D eigenvalue weighted by Gasteiger charge is -2.36. The van der Waals surface area contributed by atoms with Crippen LogP contribution in [0.4, 0.5) is 16.4 Å². The lowest BCUT2D eigenvalue weighted by atomic mass is 9.83. The minimum Gasteiger partial charge on any atom is -0.446 e. The minimum atomic E-state index is -0.679. The van der Waals surface area contributed by atoms with Crippen LogP contribution in [-0.4, -0.2) is 41.3 Å². The topological polar surface area (TPSA) is 93.4 Å². The number of anilines is 2. The molecule has 7 nitrogen and oxygen atoms in total. The second-order valence-electron chi connectivity index (χ2n) is 7.98. The fourth-order valence-electron chi connectivity index (χ4n) is 3.60. The normalized spacial score (nSPS) is 26.1. The van der Waals surface area contributed by atoms with Crippen molar-refractivity contribution in [1.82, 2.24) is 9.97 Å². The van der Waals surface area contributed by atoms with Crippen LogP contribution in [0.25, 0.3) is 0 Å². The fourth-order valence-corrected chi connectivity index (χ4v) is 3.60. The van der Waals surface area contributed by atoms with Crippen molar-refractivity contribution in [1.29, 1.82) is 0 Å². The van der Waals surface area contributed by atoms with Crippen LogP contribution in [0.5, 0.6) is 0 Å². The molecule has 138 valence electrons. The smallest absolute Gasteiger partial charge is 0.404 e. The van der Waals surface area contributed by atoms with Crippen molar-refractivity contribution in [3.8, 4) is 0 Å². The SMILES string of the molecule is CC1(C)CCN(c2ncc(NC3CCC(OC(N)=O)CC3)cn2)CC1. The van der Waals surface area contributed by atoms with Gasteiger partial charge in [0.15, 0.2) is 0 Å². The van der Waals surface area contributed by atoms with Crippen molar-refractivity contribution in [2.75, 3.05) is 23.3 Å². The van der Waals surface area contributed by atoms with Gasteiger partial charge in [-0.05, 0) is 43.9 Å². The Bertz CT molecular complexity index is 572. The predicted molar refractivity (Wildman–Crippen MR) is 97.6 cm³/mol. The van der Waals surface area contributed by atoms with E-state index in [1.807, 2.05) is 12.4 Å². The van der Waals surface area contributed by atoms with Crippen LogP contribution >= 0.6 is 0 Å². The summed E-state index contributed by atoms with van der Waals surface area (Å²) in [6, 6.07) is 0.359. The molecule has 2 aliphatic rings. The maximum absolute atomic E-state index is 10.8. The Labute approximate surface area is 149 Å². The zero-order valence-corrected chi connectivity index (χ0v) is 15.2. The molecular weight excluding hydrogens is 318 g/mol. The second kappa shape index (κ2) is 7.45. The van der Waals surface area contributed by atoms with Crippen LogP contribution in [0.2, 0.25) is 0 Å². The lowest BCUT2D eigenvalue weighted by molar-refractivity contribution is 0.0806. The Balaban J connectivity index is 1.48. The number of carbonyl (C=O) groups excluding carboxylic acids is 1. The van der Waals surface area contributed by atoms with E-state index < -0.39 is 6.09 Å². The molecule has 25 heavy (non-hydrogen) atoms. The summed E-state index contributed by atoms with van der Waals surface area (Å²) >= 11 is 0. The molecule has 0 spiro atoms. The van der Waals surface area contributed by atoms with E-state index in [2.05, 4.69) is 34.0 Å². The summed E-state index contributed by atoms with van der Waals surface area (Å²) in [5.74, 6) is 0.819. The first kappa shape index (κ1) is 17.8. The molecule has 3 N–H and O–H groups in total. The highest BCUT2D eigenvalue weighted by Crippen LogP contribution is 2.31. The molecule has 1 aliphatic heterocycles. The summed E-state index contributed by atoms with van der Waals surface area (Å²) in [4.78, 5) is 22.1. The molecule has 0 radical (unpaired) electrons. The molecule has 1 aromatic rings. The summed E-state index contributed by atoms with van der Waals surface area (Å²) in [5.41, 5.74) is 6.45. The Morgan fingerprint density at radius 3 is 2.36 bits per heavy atom. The van der Waals surface area contributed by atoms with Gasteiger partial charge in [0, 0.05) is 19.1 Å². The molecule has 1 saturated heterocycles. The summed E-state index contributed by atoms with van der Waals surface area (Å²) in [7, 11) is 0. The minimum absolute atomic E-state index is 0.0440. The van der Waals surface area contributed by atoms with Crippen molar-refractivity contribution >= 4 is 17.7 Å². The Hall–Kier alpha value is -2.05. The predicted octanol–water partition coefficient (Wildman–Crippen LogP) is 2.92. The lowest BCUT2D eigenvalue weighted by Crippen LogP contribution is -2.38. The highest BCUT2D eigenvalue weighted by molar-refractivity contribution is 5.64. The highest BCUT2D eigenvalue weighted by atomic mass is 16.6. The number of hydrogen-bond donors (Lipinski definition) is 2. The monoisotopic (exact) mass is 347 g/mol. The summed E-state index contributed by atoms with van der Waals surface area (Å²) < 4.78 is 5.07. The highest BCUT2D eigenvalue weighted by Gasteiger charge is 2.27. The zero-order chi connectivity index (χ0) is 17.9. The van der Waals surface area contributed by atoms with Crippen molar-refractivity contribution < 1.29 is 9.53 Å². The molecule has 1 aromatic heterocycles. The van der Waals surface area contributed by atoms with Crippen LogP contribution in [0.3, 0.4) is 0 Å². The number of primary amides is 1. The maximum atomic E-state index is 10.8. The van der Waals surface area contributed by atoms with Crippen LogP contribution in [-0.2, 0) is 4.74 Å². The van der Waals surface area contributed by atoms with Crippen LogP contribution in [0.1, 0.15) is 52.4 Å². The second-order valence-corrected chi connectivity index (χ2v) is 7.98. The van der Waals surface area contributed by atoms with Crippen molar-refractivity contribution in [2.45, 2.75) is 64.5 Å². The quantitative estimate of drug-likeness (QED) is 0.870. The molecule has 3 rings (SSSR count). The summed E-state index contributed by atoms with van der Waals surface area (Å²) in [5, 5.41) is 3.48. The maximum Gasteiger partial charge on any atom is 0.404 e. The average Bonchev–Trinajstić information content (AvgIpc) is 2.57. The Kier molecular flexibility index (Phi) is 5.30. The molecule has 0 aromatic carbocycles. The molecule has 1 amide bonds. The third-order valence-corrected chi connectivity index (χ3v) is 5.37. The van der Waals surface area contributed by atoms with E-state index in [0.717, 1.165) is 50.4 Å². The number of piperidine rings is 1. The molecule has 0 atom stereocenters. The summed E-state index contributed by atoms with van der Waals surface area (Å²) in [6.45, 7) is 6.68. The van der Waals surface area contributed by atoms with E-state index >= 15 is 0 Å². The summed E-state index contributed by atoms with van der Waals surface area (Å²) in [6.07, 6.45) is 8.93. The van der Waals surface area contributed by atoms with Gasteiger partial charge in [0.05, 0.1) is 18.1 Å². The van der Waals surface area contributed by atoms with Gasteiger partial charge in [-0.3, -0.25) is 0 Å². The number of carbonyl (C=O) groups is 1. The van der Waals surface area contributed by atoms with Gasteiger partial charge in [-0.1, -0.05) is 13.8 Å². The molecule has 7 heteroatoms. The molecule has 2 fully saturated rings. The first-order valence-corrected chi connectivity index (χ1v) is 9.21. The molecule has 1 aliphatic carbocycles. The number of amides is 1. The fraction of sp³-hybridized carbons (Fsp3) is 0.722. The molecule has 0 bridgehead atoms. The van der Waals surface area contributed by atoms with Gasteiger partial charge in [0.1, 0.15) is 6.10 Å². The van der Waals surface area contributed by atoms with Gasteiger partial charge in [0.25, 0.3) is 0 Å². The Morgan fingerprint density at radius 2 is 1.80 bits per heavy atom. The van der Waals surface area contributed by atoms with Crippen molar-refractivity contribution in [3.05, 3.63) is 12.4 Å². The van der Waals surface area contributed by atoms with Crippen molar-refractivity contribution in [2.24, 2.45) is 11.1 Å². The van der Waals surface area contributed by atoms with Gasteiger partial charge in [-0.25, -0.2) is 14.8 Å². The van der Waals surface area contributed by atoms with E-state index in [0.29, 0.717) is 11.5 Å². The molecular formula is C18H29N5O2. The largest absolute Gasteiger partial charge is 0.446 e. The van der Waals surface area contributed by atoms with Crippen LogP contribution in [0, 0.1) is 5.41 Å². The van der Waals surface area contributed by atoms with Crippen LogP contribution < -0.4 is 16.0 Å². The number of rotatable bonds is 4. The number of nitrogens with two attached hydrogens (primary N) is 1. The average molecular weight is 347 g/mol. The van der Waals surface area contributed by atoms with E-state index in [1.165, 1.54) is 12.8 Å². The first-order chi connectivity index (χ1) is 11.9. The van der Waals surface area contributed by atoms with Gasteiger partial charge < -0.3 is 20.7 Å². The number of ether oxygens (including phenoxy) is 1. The zero-order valence-electron chi connectivity index (χ0n) is 15.2. The van der Waals surface area contributed by atoms with Crippen LogP contribution in [0.15, 0.2) is 12.4 Å². The standard InChI is InChI=1S/C18H29N5O2/c1-18(2)7-9-23(10-8-18)17-20-11-14(12-21-17)22-13-3-5-15(6-4-13)25-16(19)24/h11-13,15,22H,3-10H2,1-2H3,(H2,19,24). The number of aromatic nitrogens is 2. The van der Waals surface area contributed by atoms with E-state index in [-0.39, 0.29) is 6.10 Å². The van der Waals surface area contributed by atoms with E-state index in [4.69, 9.17) is 10.5 Å². The third kappa shape index (κ3) is 4.96. The van der Waals surface area contributed by atoms with E-state index in [9.17, 15) is 4.79 Å². The third-order valence-electron chi connectivity index (χ3n) is 5.37. The van der Waals surface area contributed by atoms with E-state index in [1.54, 1.807) is 0 Å². The number of hydrogen-bond acceptors (Lipinski definition) is 6. The Morgan fingerprint density at radius 1 is 1.20 bits per heavy atom. The van der Waals surface area contributed by atoms with Gasteiger partial charge >= 0.3 is 6.09 Å². The number of nitrogens with zero attached hydrogens (tertiary/aromatic N) is 3. The van der Waals surface area contributed by atoms with Gasteiger partial charge in [-0.15, -0.1) is 0 Å².